The second-order valence-corrected chi connectivity index (χ2v) is 6.36. The average Bonchev–Trinajstić information content (AvgIpc) is 3.25. The first-order valence-corrected chi connectivity index (χ1v) is 8.53. The quantitative estimate of drug-likeness (QED) is 0.739. The molecule has 6 heteroatoms. The van der Waals surface area contributed by atoms with Gasteiger partial charge in [0.1, 0.15) is 11.6 Å². The molecular weight excluding hydrogens is 308 g/mol. The van der Waals surface area contributed by atoms with Crippen molar-refractivity contribution >= 4 is 11.3 Å². The third-order valence-corrected chi connectivity index (χ3v) is 4.94. The SMILES string of the molecule is COc1ccccc1C1Cn2ccnc2CN1Cc1cscn1. The first-order valence-electron chi connectivity index (χ1n) is 7.59. The lowest BCUT2D eigenvalue weighted by molar-refractivity contribution is 0.124. The highest BCUT2D eigenvalue weighted by atomic mass is 32.1. The van der Waals surface area contributed by atoms with Gasteiger partial charge in [-0.05, 0) is 6.07 Å². The summed E-state index contributed by atoms with van der Waals surface area (Å²) in [4.78, 5) is 11.3. The lowest BCUT2D eigenvalue weighted by atomic mass is 10.0. The largest absolute Gasteiger partial charge is 0.496 e. The van der Waals surface area contributed by atoms with Crippen LogP contribution in [-0.4, -0.2) is 26.5 Å². The first kappa shape index (κ1) is 14.4. The first-order chi connectivity index (χ1) is 11.3. The van der Waals surface area contributed by atoms with Crippen molar-refractivity contribution in [3.8, 4) is 5.75 Å². The highest BCUT2D eigenvalue weighted by Gasteiger charge is 2.30. The molecule has 1 aliphatic rings. The molecule has 2 aromatic heterocycles. The van der Waals surface area contributed by atoms with Crippen molar-refractivity contribution in [3.63, 3.8) is 0 Å². The number of thiazole rings is 1. The number of imidazole rings is 1. The fourth-order valence-electron chi connectivity index (χ4n) is 3.18. The van der Waals surface area contributed by atoms with Crippen LogP contribution in [0.15, 0.2) is 47.5 Å². The number of hydrogen-bond donors (Lipinski definition) is 0. The van der Waals surface area contributed by atoms with Crippen molar-refractivity contribution in [1.82, 2.24) is 19.4 Å². The molecule has 0 aliphatic carbocycles. The van der Waals surface area contributed by atoms with Crippen LogP contribution in [0.4, 0.5) is 0 Å². The Morgan fingerprint density at radius 1 is 1.30 bits per heavy atom. The summed E-state index contributed by atoms with van der Waals surface area (Å²) < 4.78 is 7.82. The summed E-state index contributed by atoms with van der Waals surface area (Å²) >= 11 is 1.64. The Labute approximate surface area is 139 Å². The zero-order valence-corrected chi connectivity index (χ0v) is 13.7. The molecule has 0 bridgehead atoms. The number of hydrogen-bond acceptors (Lipinski definition) is 5. The van der Waals surface area contributed by atoms with Crippen molar-refractivity contribution < 1.29 is 4.74 Å². The Morgan fingerprint density at radius 2 is 2.22 bits per heavy atom. The van der Waals surface area contributed by atoms with Gasteiger partial charge < -0.3 is 9.30 Å². The molecule has 1 atom stereocenters. The van der Waals surface area contributed by atoms with Crippen LogP contribution in [0, 0.1) is 0 Å². The summed E-state index contributed by atoms with van der Waals surface area (Å²) in [5.74, 6) is 2.04. The fraction of sp³-hybridized carbons (Fsp3) is 0.294. The summed E-state index contributed by atoms with van der Waals surface area (Å²) in [5, 5.41) is 2.11. The van der Waals surface area contributed by atoms with Crippen LogP contribution < -0.4 is 4.74 Å². The normalized spacial score (nSPS) is 17.9. The molecule has 0 radical (unpaired) electrons. The summed E-state index contributed by atoms with van der Waals surface area (Å²) in [6.07, 6.45) is 3.93. The molecule has 0 spiro atoms. The smallest absolute Gasteiger partial charge is 0.123 e. The van der Waals surface area contributed by atoms with Gasteiger partial charge in [0, 0.05) is 36.4 Å². The maximum Gasteiger partial charge on any atom is 0.123 e. The van der Waals surface area contributed by atoms with Gasteiger partial charge in [-0.2, -0.15) is 0 Å². The monoisotopic (exact) mass is 326 g/mol. The Hall–Kier alpha value is -2.18. The van der Waals surface area contributed by atoms with Gasteiger partial charge >= 0.3 is 0 Å². The van der Waals surface area contributed by atoms with E-state index in [0.29, 0.717) is 0 Å². The van der Waals surface area contributed by atoms with Gasteiger partial charge in [-0.25, -0.2) is 9.97 Å². The lowest BCUT2D eigenvalue weighted by Crippen LogP contribution is -2.36. The third kappa shape index (κ3) is 2.75. The maximum atomic E-state index is 5.59. The topological polar surface area (TPSA) is 43.2 Å². The second kappa shape index (κ2) is 6.14. The number of ether oxygens (including phenoxy) is 1. The molecule has 0 fully saturated rings. The Morgan fingerprint density at radius 3 is 3.04 bits per heavy atom. The highest BCUT2D eigenvalue weighted by molar-refractivity contribution is 7.07. The molecular formula is C17H18N4OS. The van der Waals surface area contributed by atoms with Crippen molar-refractivity contribution in [2.45, 2.75) is 25.7 Å². The van der Waals surface area contributed by atoms with Crippen molar-refractivity contribution in [1.29, 1.82) is 0 Å². The van der Waals surface area contributed by atoms with Crippen molar-refractivity contribution in [2.24, 2.45) is 0 Å². The van der Waals surface area contributed by atoms with Gasteiger partial charge in [-0.1, -0.05) is 18.2 Å². The number of fused-ring (bicyclic) bond motifs is 1. The lowest BCUT2D eigenvalue weighted by Gasteiger charge is -2.36. The van der Waals surface area contributed by atoms with Gasteiger partial charge in [0.25, 0.3) is 0 Å². The van der Waals surface area contributed by atoms with Crippen LogP contribution in [-0.2, 0) is 19.6 Å². The molecule has 5 nitrogen and oxygen atoms in total. The molecule has 0 N–H and O–H groups in total. The Kier molecular flexibility index (Phi) is 3.85. The molecule has 3 aromatic rings. The number of methoxy groups -OCH3 is 1. The van der Waals surface area contributed by atoms with Crippen LogP contribution in [0.1, 0.15) is 23.1 Å². The molecule has 118 valence electrons. The maximum absolute atomic E-state index is 5.59. The van der Waals surface area contributed by atoms with Crippen LogP contribution in [0.3, 0.4) is 0 Å². The van der Waals surface area contributed by atoms with Gasteiger partial charge in [0.15, 0.2) is 0 Å². The Bertz CT molecular complexity index is 784. The Balaban J connectivity index is 1.71. The van der Waals surface area contributed by atoms with E-state index in [1.807, 2.05) is 23.8 Å². The number of aromatic nitrogens is 3. The van der Waals surface area contributed by atoms with Crippen LogP contribution in [0.25, 0.3) is 0 Å². The standard InChI is InChI=1S/C17H18N4OS/c1-22-16-5-3-2-4-14(16)15-9-20-7-6-18-17(20)10-21(15)8-13-11-23-12-19-13/h2-7,11-12,15H,8-10H2,1H3. The minimum Gasteiger partial charge on any atom is -0.496 e. The van der Waals surface area contributed by atoms with Gasteiger partial charge in [0.2, 0.25) is 0 Å². The predicted octanol–water partition coefficient (Wildman–Crippen LogP) is 3.11. The molecule has 0 saturated carbocycles. The zero-order valence-electron chi connectivity index (χ0n) is 12.9. The van der Waals surface area contributed by atoms with E-state index in [1.165, 1.54) is 5.56 Å². The predicted molar refractivity (Wildman–Crippen MR) is 89.3 cm³/mol. The van der Waals surface area contributed by atoms with Crippen molar-refractivity contribution in [2.75, 3.05) is 7.11 Å². The van der Waals surface area contributed by atoms with E-state index < -0.39 is 0 Å². The van der Waals surface area contributed by atoms with E-state index in [1.54, 1.807) is 18.4 Å². The van der Waals surface area contributed by atoms with Crippen LogP contribution in [0.5, 0.6) is 5.75 Å². The summed E-state index contributed by atoms with van der Waals surface area (Å²) in [5.41, 5.74) is 4.21. The van der Waals surface area contributed by atoms with Gasteiger partial charge in [0.05, 0.1) is 30.9 Å². The molecule has 1 aromatic carbocycles. The fourth-order valence-corrected chi connectivity index (χ4v) is 3.73. The number of benzene rings is 1. The highest BCUT2D eigenvalue weighted by Crippen LogP contribution is 2.35. The summed E-state index contributed by atoms with van der Waals surface area (Å²) in [6.45, 7) is 2.51. The summed E-state index contributed by atoms with van der Waals surface area (Å²) in [6, 6.07) is 8.51. The molecule has 4 rings (SSSR count). The molecule has 0 amide bonds. The van der Waals surface area contributed by atoms with Crippen molar-refractivity contribution in [3.05, 3.63) is 64.6 Å². The summed E-state index contributed by atoms with van der Waals surface area (Å²) in [7, 11) is 1.73. The number of rotatable bonds is 4. The minimum absolute atomic E-state index is 0.245. The van der Waals surface area contributed by atoms with E-state index in [9.17, 15) is 0 Å². The van der Waals surface area contributed by atoms with Gasteiger partial charge in [-0.15, -0.1) is 11.3 Å². The molecule has 3 heterocycles. The van der Waals surface area contributed by atoms with E-state index in [0.717, 1.165) is 36.9 Å². The minimum atomic E-state index is 0.245. The van der Waals surface area contributed by atoms with Gasteiger partial charge in [-0.3, -0.25) is 4.90 Å². The van der Waals surface area contributed by atoms with E-state index >= 15 is 0 Å². The van der Waals surface area contributed by atoms with Crippen LogP contribution >= 0.6 is 11.3 Å². The molecule has 0 saturated heterocycles. The molecule has 23 heavy (non-hydrogen) atoms. The number of para-hydroxylation sites is 1. The third-order valence-electron chi connectivity index (χ3n) is 4.30. The molecule has 1 aliphatic heterocycles. The molecule has 1 unspecified atom stereocenters. The van der Waals surface area contributed by atoms with E-state index in [4.69, 9.17) is 4.74 Å². The average molecular weight is 326 g/mol. The zero-order chi connectivity index (χ0) is 15.6. The van der Waals surface area contributed by atoms with E-state index in [2.05, 4.69) is 43.1 Å². The number of nitrogens with zero attached hydrogens (tertiary/aromatic N) is 4. The van der Waals surface area contributed by atoms with E-state index in [-0.39, 0.29) is 6.04 Å². The van der Waals surface area contributed by atoms with Crippen LogP contribution in [0.2, 0.25) is 0 Å². The second-order valence-electron chi connectivity index (χ2n) is 5.64.